The Morgan fingerprint density at radius 3 is 2.61 bits per heavy atom. The van der Waals surface area contributed by atoms with Gasteiger partial charge >= 0.3 is 6.03 Å². The molecular weight excluding hydrogens is 342 g/mol. The van der Waals surface area contributed by atoms with Crippen LogP contribution in [0.4, 0.5) is 9.18 Å². The molecule has 122 valence electrons. The van der Waals surface area contributed by atoms with E-state index in [9.17, 15) is 9.18 Å². The van der Waals surface area contributed by atoms with Crippen molar-refractivity contribution in [1.29, 1.82) is 0 Å². The maximum absolute atomic E-state index is 12.9. The molecule has 0 saturated carbocycles. The van der Waals surface area contributed by atoms with Gasteiger partial charge in [-0.2, -0.15) is 0 Å². The van der Waals surface area contributed by atoms with Crippen molar-refractivity contribution < 1.29 is 13.9 Å². The van der Waals surface area contributed by atoms with E-state index in [-0.39, 0.29) is 24.2 Å². The van der Waals surface area contributed by atoms with E-state index in [0.29, 0.717) is 17.3 Å². The molecule has 0 fully saturated rings. The summed E-state index contributed by atoms with van der Waals surface area (Å²) in [6.45, 7) is 0.823. The lowest BCUT2D eigenvalue weighted by Crippen LogP contribution is -2.37. The number of carbonyl (C=O) groups excluding carboxylic acids is 1. The van der Waals surface area contributed by atoms with Crippen molar-refractivity contribution in [2.24, 2.45) is 0 Å². The molecule has 2 rings (SSSR count). The Kier molecular flexibility index (Phi) is 6.50. The molecule has 4 nitrogen and oxygen atoms in total. The highest BCUT2D eigenvalue weighted by Crippen LogP contribution is 2.24. The minimum absolute atomic E-state index is 0.188. The molecule has 0 aliphatic carbocycles. The molecule has 0 unspecified atom stereocenters. The van der Waals surface area contributed by atoms with Crippen LogP contribution in [0, 0.1) is 5.82 Å². The molecule has 0 bridgehead atoms. The first-order valence-corrected chi connectivity index (χ1v) is 7.65. The number of halogens is 3. The van der Waals surface area contributed by atoms with E-state index in [4.69, 9.17) is 27.9 Å². The second-order valence-electron chi connectivity index (χ2n) is 4.62. The van der Waals surface area contributed by atoms with E-state index in [1.165, 1.54) is 18.2 Å². The summed E-state index contributed by atoms with van der Waals surface area (Å²) < 4.78 is 18.2. The Bertz CT molecular complexity index is 683. The van der Waals surface area contributed by atoms with Gasteiger partial charge in [-0.3, -0.25) is 0 Å². The fraction of sp³-hybridized carbons (Fsp3) is 0.188. The van der Waals surface area contributed by atoms with Crippen LogP contribution in [0.2, 0.25) is 10.0 Å². The first kappa shape index (κ1) is 17.4. The summed E-state index contributed by atoms with van der Waals surface area (Å²) in [6.07, 6.45) is 0. The molecule has 2 aromatic carbocycles. The fourth-order valence-corrected chi connectivity index (χ4v) is 2.22. The summed E-state index contributed by atoms with van der Waals surface area (Å²) in [4.78, 5) is 11.7. The Morgan fingerprint density at radius 1 is 1.09 bits per heavy atom. The van der Waals surface area contributed by atoms with E-state index < -0.39 is 5.82 Å². The first-order valence-electron chi connectivity index (χ1n) is 6.89. The summed E-state index contributed by atoms with van der Waals surface area (Å²) in [5, 5.41) is 6.12. The van der Waals surface area contributed by atoms with Crippen molar-refractivity contribution >= 4 is 29.2 Å². The van der Waals surface area contributed by atoms with Crippen LogP contribution in [-0.2, 0) is 6.54 Å². The minimum atomic E-state index is -0.431. The second kappa shape index (κ2) is 8.60. The zero-order valence-corrected chi connectivity index (χ0v) is 13.6. The molecule has 0 heterocycles. The number of urea groups is 1. The van der Waals surface area contributed by atoms with Crippen molar-refractivity contribution in [1.82, 2.24) is 10.6 Å². The standard InChI is InChI=1S/C16H15Cl2FN2O2/c17-13-4-2-1-3-11(13)10-21-16(22)20-7-8-23-15-6-5-12(19)9-14(15)18/h1-6,9H,7-8,10H2,(H2,20,21,22). The smallest absolute Gasteiger partial charge is 0.315 e. The molecule has 0 spiro atoms. The summed E-state index contributed by atoms with van der Waals surface area (Å²) in [5.41, 5.74) is 0.832. The van der Waals surface area contributed by atoms with E-state index in [1.807, 2.05) is 18.2 Å². The van der Waals surface area contributed by atoms with Gasteiger partial charge in [-0.25, -0.2) is 9.18 Å². The van der Waals surface area contributed by atoms with Crippen LogP contribution in [-0.4, -0.2) is 19.2 Å². The zero-order chi connectivity index (χ0) is 16.7. The molecule has 0 aromatic heterocycles. The second-order valence-corrected chi connectivity index (χ2v) is 5.44. The summed E-state index contributed by atoms with van der Waals surface area (Å²) in [6, 6.07) is 10.8. The van der Waals surface area contributed by atoms with Crippen molar-refractivity contribution in [3.63, 3.8) is 0 Å². The van der Waals surface area contributed by atoms with Gasteiger partial charge in [0.2, 0.25) is 0 Å². The van der Waals surface area contributed by atoms with Crippen LogP contribution < -0.4 is 15.4 Å². The minimum Gasteiger partial charge on any atom is -0.490 e. The number of ether oxygens (including phenoxy) is 1. The van der Waals surface area contributed by atoms with Gasteiger partial charge in [0.1, 0.15) is 18.2 Å². The maximum Gasteiger partial charge on any atom is 0.315 e. The monoisotopic (exact) mass is 356 g/mol. The predicted molar refractivity (Wildman–Crippen MR) is 88.6 cm³/mol. The highest BCUT2D eigenvalue weighted by atomic mass is 35.5. The van der Waals surface area contributed by atoms with Gasteiger partial charge in [0.15, 0.2) is 0 Å². The van der Waals surface area contributed by atoms with Crippen LogP contribution >= 0.6 is 23.2 Å². The summed E-state index contributed by atoms with van der Waals surface area (Å²) in [5.74, 6) is -0.0641. The molecule has 0 aliphatic heterocycles. The van der Waals surface area contributed by atoms with Gasteiger partial charge in [-0.05, 0) is 29.8 Å². The molecule has 7 heteroatoms. The van der Waals surface area contributed by atoms with E-state index >= 15 is 0 Å². The lowest BCUT2D eigenvalue weighted by atomic mass is 10.2. The van der Waals surface area contributed by atoms with E-state index in [0.717, 1.165) is 5.56 Å². The molecule has 2 aromatic rings. The maximum atomic E-state index is 12.9. The molecule has 2 amide bonds. The van der Waals surface area contributed by atoms with Crippen LogP contribution in [0.15, 0.2) is 42.5 Å². The number of hydrogen-bond acceptors (Lipinski definition) is 2. The zero-order valence-electron chi connectivity index (χ0n) is 12.1. The van der Waals surface area contributed by atoms with Gasteiger partial charge in [-0.1, -0.05) is 41.4 Å². The Hall–Kier alpha value is -1.98. The van der Waals surface area contributed by atoms with Gasteiger partial charge in [-0.15, -0.1) is 0 Å². The molecule has 0 aliphatic rings. The molecular formula is C16H15Cl2FN2O2. The summed E-state index contributed by atoms with van der Waals surface area (Å²) >= 11 is 11.8. The normalized spacial score (nSPS) is 10.2. The Morgan fingerprint density at radius 2 is 1.87 bits per heavy atom. The fourth-order valence-electron chi connectivity index (χ4n) is 1.80. The number of benzene rings is 2. The highest BCUT2D eigenvalue weighted by molar-refractivity contribution is 6.32. The molecule has 0 atom stereocenters. The topological polar surface area (TPSA) is 50.4 Å². The predicted octanol–water partition coefficient (Wildman–Crippen LogP) is 4.01. The van der Waals surface area contributed by atoms with Crippen LogP contribution in [0.1, 0.15) is 5.56 Å². The molecule has 23 heavy (non-hydrogen) atoms. The lowest BCUT2D eigenvalue weighted by molar-refractivity contribution is 0.236. The van der Waals surface area contributed by atoms with Gasteiger partial charge in [0.05, 0.1) is 11.6 Å². The SMILES string of the molecule is O=C(NCCOc1ccc(F)cc1Cl)NCc1ccccc1Cl. The molecule has 0 radical (unpaired) electrons. The van der Waals surface area contributed by atoms with Crippen LogP contribution in [0.5, 0.6) is 5.75 Å². The number of nitrogens with one attached hydrogen (secondary N) is 2. The van der Waals surface area contributed by atoms with Gasteiger partial charge in [0, 0.05) is 11.6 Å². The van der Waals surface area contributed by atoms with Crippen molar-refractivity contribution in [3.05, 3.63) is 63.9 Å². The average Bonchev–Trinajstić information content (AvgIpc) is 2.52. The number of rotatable bonds is 6. The van der Waals surface area contributed by atoms with Gasteiger partial charge < -0.3 is 15.4 Å². The average molecular weight is 357 g/mol. The van der Waals surface area contributed by atoms with Crippen LogP contribution in [0.25, 0.3) is 0 Å². The van der Waals surface area contributed by atoms with Gasteiger partial charge in [0.25, 0.3) is 0 Å². The van der Waals surface area contributed by atoms with Crippen molar-refractivity contribution in [3.8, 4) is 5.75 Å². The van der Waals surface area contributed by atoms with Crippen molar-refractivity contribution in [2.75, 3.05) is 13.2 Å². The molecule has 0 saturated heterocycles. The van der Waals surface area contributed by atoms with E-state index in [1.54, 1.807) is 6.07 Å². The molecule has 2 N–H and O–H groups in total. The number of hydrogen-bond donors (Lipinski definition) is 2. The Balaban J connectivity index is 1.68. The highest BCUT2D eigenvalue weighted by Gasteiger charge is 2.05. The number of carbonyl (C=O) groups is 1. The number of amides is 2. The lowest BCUT2D eigenvalue weighted by Gasteiger charge is -2.10. The third kappa shape index (κ3) is 5.62. The first-order chi connectivity index (χ1) is 11.1. The third-order valence-corrected chi connectivity index (χ3v) is 3.60. The van der Waals surface area contributed by atoms with Crippen LogP contribution in [0.3, 0.4) is 0 Å². The quantitative estimate of drug-likeness (QED) is 0.768. The van der Waals surface area contributed by atoms with Crippen molar-refractivity contribution in [2.45, 2.75) is 6.54 Å². The largest absolute Gasteiger partial charge is 0.490 e. The Labute approximate surface area is 143 Å². The summed E-state index contributed by atoms with van der Waals surface area (Å²) in [7, 11) is 0. The van der Waals surface area contributed by atoms with E-state index in [2.05, 4.69) is 10.6 Å². The third-order valence-electron chi connectivity index (χ3n) is 2.94.